The van der Waals surface area contributed by atoms with Crippen molar-refractivity contribution in [2.45, 2.75) is 26.8 Å². The van der Waals surface area contributed by atoms with Crippen molar-refractivity contribution in [1.82, 2.24) is 14.7 Å². The van der Waals surface area contributed by atoms with E-state index >= 15 is 0 Å². The van der Waals surface area contributed by atoms with Crippen LogP contribution in [0.15, 0.2) is 11.6 Å². The van der Waals surface area contributed by atoms with Crippen LogP contribution in [0.1, 0.15) is 26.0 Å². The number of rotatable bonds is 6. The molecule has 2 aromatic rings. The number of aromatic nitrogens is 2. The van der Waals surface area contributed by atoms with E-state index in [9.17, 15) is 5.11 Å². The fraction of sp³-hybridized carbons (Fsp3) is 0.667. The molecule has 1 unspecified atom stereocenters. The number of nitrogens with zero attached hydrogens (tertiary/aromatic N) is 3. The Morgan fingerprint density at radius 2 is 2.38 bits per heavy atom. The van der Waals surface area contributed by atoms with Gasteiger partial charge in [-0.25, -0.2) is 4.98 Å². The van der Waals surface area contributed by atoms with Gasteiger partial charge < -0.3 is 15.3 Å². The summed E-state index contributed by atoms with van der Waals surface area (Å²) in [5.41, 5.74) is 1.24. The molecule has 0 aliphatic carbocycles. The molecule has 5 nitrogen and oxygen atoms in total. The van der Waals surface area contributed by atoms with Gasteiger partial charge in [-0.05, 0) is 18.9 Å². The molecule has 3 rings (SSSR count). The van der Waals surface area contributed by atoms with Crippen molar-refractivity contribution in [3.8, 4) is 0 Å². The van der Waals surface area contributed by atoms with Crippen LogP contribution < -0.4 is 10.2 Å². The van der Waals surface area contributed by atoms with Gasteiger partial charge in [0.1, 0.15) is 0 Å². The van der Waals surface area contributed by atoms with Crippen molar-refractivity contribution < 1.29 is 5.11 Å². The molecule has 0 bridgehead atoms. The molecular weight excluding hydrogens is 284 g/mol. The Morgan fingerprint density at radius 1 is 1.52 bits per heavy atom. The summed E-state index contributed by atoms with van der Waals surface area (Å²) in [7, 11) is 0. The van der Waals surface area contributed by atoms with Crippen molar-refractivity contribution in [3.05, 3.63) is 17.3 Å². The first-order valence-electron chi connectivity index (χ1n) is 7.70. The van der Waals surface area contributed by atoms with Crippen LogP contribution in [0.2, 0.25) is 0 Å². The molecule has 1 aliphatic heterocycles. The molecule has 0 spiro atoms. The van der Waals surface area contributed by atoms with E-state index in [-0.39, 0.29) is 6.61 Å². The zero-order chi connectivity index (χ0) is 14.8. The van der Waals surface area contributed by atoms with Crippen LogP contribution >= 0.6 is 11.3 Å². The molecule has 1 saturated heterocycles. The minimum absolute atomic E-state index is 0.277. The Kier molecular flexibility index (Phi) is 4.47. The molecule has 1 atom stereocenters. The Balaban J connectivity index is 1.82. The van der Waals surface area contributed by atoms with Crippen molar-refractivity contribution >= 4 is 22.1 Å². The van der Waals surface area contributed by atoms with Crippen LogP contribution in [0.4, 0.5) is 5.82 Å². The third-order valence-electron chi connectivity index (χ3n) is 4.03. The molecule has 21 heavy (non-hydrogen) atoms. The molecule has 0 amide bonds. The molecule has 6 heteroatoms. The second-order valence-electron chi connectivity index (χ2n) is 6.25. The number of aliphatic hydroxyl groups excluding tert-OH is 1. The highest BCUT2D eigenvalue weighted by atomic mass is 32.1. The number of hydrogen-bond donors (Lipinski definition) is 2. The fourth-order valence-corrected chi connectivity index (χ4v) is 3.62. The maximum absolute atomic E-state index is 9.34. The molecular formula is C15H24N4OS. The van der Waals surface area contributed by atoms with E-state index in [4.69, 9.17) is 4.98 Å². The van der Waals surface area contributed by atoms with Gasteiger partial charge in [-0.3, -0.25) is 4.40 Å². The van der Waals surface area contributed by atoms with E-state index in [2.05, 4.69) is 40.0 Å². The molecule has 1 fully saturated rings. The quantitative estimate of drug-likeness (QED) is 0.856. The van der Waals surface area contributed by atoms with Gasteiger partial charge in [0, 0.05) is 43.7 Å². The summed E-state index contributed by atoms with van der Waals surface area (Å²) in [5, 5.41) is 14.9. The van der Waals surface area contributed by atoms with Gasteiger partial charge in [-0.1, -0.05) is 13.8 Å². The predicted molar refractivity (Wildman–Crippen MR) is 87.0 cm³/mol. The normalized spacial score (nSPS) is 19.2. The highest BCUT2D eigenvalue weighted by molar-refractivity contribution is 7.15. The zero-order valence-corrected chi connectivity index (χ0v) is 13.6. The van der Waals surface area contributed by atoms with Gasteiger partial charge in [-0.2, -0.15) is 0 Å². The average molecular weight is 308 g/mol. The molecule has 1 aliphatic rings. The first-order valence-corrected chi connectivity index (χ1v) is 8.58. The topological polar surface area (TPSA) is 52.8 Å². The minimum Gasteiger partial charge on any atom is -0.396 e. The first-order chi connectivity index (χ1) is 10.2. The largest absolute Gasteiger partial charge is 0.396 e. The van der Waals surface area contributed by atoms with E-state index in [1.165, 1.54) is 5.69 Å². The van der Waals surface area contributed by atoms with Crippen LogP contribution in [0.5, 0.6) is 0 Å². The Labute approximate surface area is 129 Å². The molecule has 116 valence electrons. The number of aliphatic hydroxyl groups is 1. The summed E-state index contributed by atoms with van der Waals surface area (Å²) in [6, 6.07) is 0. The van der Waals surface area contributed by atoms with Crippen LogP contribution in [0.3, 0.4) is 0 Å². The standard InChI is InChI=1S/C15H24N4OS/c1-11(2)7-16-8-13-14(17-15-19(13)5-6-21-15)18-4-3-12(9-18)10-20/h5-6,11-12,16,20H,3-4,7-10H2,1-2H3. The maximum Gasteiger partial charge on any atom is 0.195 e. The molecule has 0 saturated carbocycles. The Bertz CT molecular complexity index is 592. The summed E-state index contributed by atoms with van der Waals surface area (Å²) in [6.07, 6.45) is 3.16. The lowest BCUT2D eigenvalue weighted by Crippen LogP contribution is -2.25. The molecule has 0 aromatic carbocycles. The predicted octanol–water partition coefficient (Wildman–Crippen LogP) is 1.96. The van der Waals surface area contributed by atoms with Crippen LogP contribution in [-0.4, -0.2) is 40.7 Å². The van der Waals surface area contributed by atoms with Gasteiger partial charge >= 0.3 is 0 Å². The average Bonchev–Trinajstić information content (AvgIpc) is 3.13. The molecule has 0 radical (unpaired) electrons. The van der Waals surface area contributed by atoms with E-state index in [1.807, 2.05) is 0 Å². The van der Waals surface area contributed by atoms with Gasteiger partial charge in [-0.15, -0.1) is 11.3 Å². The number of anilines is 1. The number of thiazole rings is 1. The van der Waals surface area contributed by atoms with Crippen LogP contribution in [0, 0.1) is 11.8 Å². The highest BCUT2D eigenvalue weighted by Gasteiger charge is 2.26. The summed E-state index contributed by atoms with van der Waals surface area (Å²) >= 11 is 1.68. The fourth-order valence-electron chi connectivity index (χ4n) is 2.89. The highest BCUT2D eigenvalue weighted by Crippen LogP contribution is 2.29. The maximum atomic E-state index is 9.34. The van der Waals surface area contributed by atoms with E-state index in [1.54, 1.807) is 11.3 Å². The van der Waals surface area contributed by atoms with Crippen LogP contribution in [0.25, 0.3) is 4.96 Å². The number of fused-ring (bicyclic) bond motifs is 1. The summed E-state index contributed by atoms with van der Waals surface area (Å²) in [5.74, 6) is 2.13. The summed E-state index contributed by atoms with van der Waals surface area (Å²) < 4.78 is 2.19. The van der Waals surface area contributed by atoms with Crippen molar-refractivity contribution in [2.75, 3.05) is 31.1 Å². The van der Waals surface area contributed by atoms with E-state index in [0.29, 0.717) is 11.8 Å². The van der Waals surface area contributed by atoms with Crippen molar-refractivity contribution in [1.29, 1.82) is 0 Å². The zero-order valence-electron chi connectivity index (χ0n) is 12.7. The third kappa shape index (κ3) is 3.07. The molecule has 2 aromatic heterocycles. The van der Waals surface area contributed by atoms with Gasteiger partial charge in [0.2, 0.25) is 0 Å². The Hall–Kier alpha value is -1.11. The van der Waals surface area contributed by atoms with Gasteiger partial charge in [0.15, 0.2) is 10.8 Å². The van der Waals surface area contributed by atoms with Gasteiger partial charge in [0.25, 0.3) is 0 Å². The van der Waals surface area contributed by atoms with Crippen molar-refractivity contribution in [3.63, 3.8) is 0 Å². The molecule has 3 heterocycles. The smallest absolute Gasteiger partial charge is 0.195 e. The van der Waals surface area contributed by atoms with Crippen molar-refractivity contribution in [2.24, 2.45) is 11.8 Å². The first kappa shape index (κ1) is 14.8. The van der Waals surface area contributed by atoms with Gasteiger partial charge in [0.05, 0.1) is 5.69 Å². The lowest BCUT2D eigenvalue weighted by atomic mass is 10.1. The van der Waals surface area contributed by atoms with Crippen LogP contribution in [-0.2, 0) is 6.54 Å². The second kappa shape index (κ2) is 6.34. The monoisotopic (exact) mass is 308 g/mol. The SMILES string of the molecule is CC(C)CNCc1c(N2CCC(CO)C2)nc2sccn12. The summed E-state index contributed by atoms with van der Waals surface area (Å²) in [4.78, 5) is 8.19. The summed E-state index contributed by atoms with van der Waals surface area (Å²) in [6.45, 7) is 8.47. The van der Waals surface area contributed by atoms with E-state index in [0.717, 1.165) is 43.4 Å². The lowest BCUT2D eigenvalue weighted by molar-refractivity contribution is 0.238. The Morgan fingerprint density at radius 3 is 3.10 bits per heavy atom. The molecule has 2 N–H and O–H groups in total. The number of nitrogens with one attached hydrogen (secondary N) is 1. The minimum atomic E-state index is 0.277. The lowest BCUT2D eigenvalue weighted by Gasteiger charge is -2.18. The third-order valence-corrected chi connectivity index (χ3v) is 4.79. The number of hydrogen-bond acceptors (Lipinski definition) is 5. The second-order valence-corrected chi connectivity index (χ2v) is 7.12. The number of imidazole rings is 1. The van der Waals surface area contributed by atoms with E-state index < -0.39 is 0 Å².